The number of benzene rings is 1. The molecule has 6 heteroatoms. The molecule has 0 amide bonds. The van der Waals surface area contributed by atoms with Gasteiger partial charge in [0, 0.05) is 6.54 Å². The summed E-state index contributed by atoms with van der Waals surface area (Å²) in [5, 5.41) is 0. The van der Waals surface area contributed by atoms with Crippen molar-refractivity contribution in [1.29, 1.82) is 0 Å². The first-order valence-corrected chi connectivity index (χ1v) is 6.20. The van der Waals surface area contributed by atoms with E-state index >= 15 is 0 Å². The van der Waals surface area contributed by atoms with Crippen LogP contribution in [0.2, 0.25) is 0 Å². The van der Waals surface area contributed by atoms with E-state index in [1.807, 2.05) is 13.8 Å². The molecule has 0 fully saturated rings. The summed E-state index contributed by atoms with van der Waals surface area (Å²) in [6, 6.07) is 3.14. The van der Waals surface area contributed by atoms with Crippen molar-refractivity contribution in [3.05, 3.63) is 23.8 Å². The Bertz CT molecular complexity index is 403. The Kier molecular flexibility index (Phi) is 5.47. The molecule has 0 unspecified atom stereocenters. The first-order chi connectivity index (χ1) is 8.88. The zero-order valence-corrected chi connectivity index (χ0v) is 11.1. The number of likely N-dealkylation sites (N-methyl/N-ethyl adjacent to an activating group) is 1. The highest BCUT2D eigenvalue weighted by Gasteiger charge is 2.30. The largest absolute Gasteiger partial charge is 0.490 e. The molecule has 1 rings (SSSR count). The molecule has 0 heterocycles. The minimum absolute atomic E-state index is 0.00868. The molecule has 0 bridgehead atoms. The van der Waals surface area contributed by atoms with E-state index in [0.717, 1.165) is 25.2 Å². The van der Waals surface area contributed by atoms with Gasteiger partial charge in [-0.05, 0) is 31.3 Å². The lowest BCUT2D eigenvalue weighted by Gasteiger charge is -2.18. The Balaban J connectivity index is 2.61. The van der Waals surface area contributed by atoms with Crippen molar-refractivity contribution in [2.45, 2.75) is 20.0 Å². The first-order valence-electron chi connectivity index (χ1n) is 6.20. The van der Waals surface area contributed by atoms with Crippen molar-refractivity contribution in [1.82, 2.24) is 4.90 Å². The van der Waals surface area contributed by atoms with Crippen LogP contribution < -0.4 is 10.5 Å². The minimum Gasteiger partial charge on any atom is -0.490 e. The zero-order valence-electron chi connectivity index (χ0n) is 11.1. The Morgan fingerprint density at radius 2 is 1.84 bits per heavy atom. The van der Waals surface area contributed by atoms with E-state index in [1.54, 1.807) is 0 Å². The van der Waals surface area contributed by atoms with E-state index in [1.165, 1.54) is 6.07 Å². The normalized spacial score (nSPS) is 11.9. The SMILES string of the molecule is CCN(CC)CCOc1ccc(C(F)(F)F)cc1N. The third-order valence-electron chi connectivity index (χ3n) is 2.90. The average molecular weight is 276 g/mol. The van der Waals surface area contributed by atoms with Crippen LogP contribution in [0.15, 0.2) is 18.2 Å². The lowest BCUT2D eigenvalue weighted by Crippen LogP contribution is -2.28. The molecule has 0 aromatic heterocycles. The molecular formula is C13H19F3N2O. The molecule has 1 aromatic carbocycles. The molecule has 0 atom stereocenters. The van der Waals surface area contributed by atoms with Gasteiger partial charge < -0.3 is 15.4 Å². The van der Waals surface area contributed by atoms with E-state index in [2.05, 4.69) is 4.90 Å². The lowest BCUT2D eigenvalue weighted by atomic mass is 10.2. The van der Waals surface area contributed by atoms with Crippen molar-refractivity contribution in [3.63, 3.8) is 0 Å². The maximum Gasteiger partial charge on any atom is 0.416 e. The summed E-state index contributed by atoms with van der Waals surface area (Å²) >= 11 is 0. The summed E-state index contributed by atoms with van der Waals surface area (Å²) in [6.45, 7) is 7.00. The van der Waals surface area contributed by atoms with Gasteiger partial charge in [0.15, 0.2) is 0 Å². The molecule has 0 aliphatic heterocycles. The van der Waals surface area contributed by atoms with Crippen molar-refractivity contribution in [2.24, 2.45) is 0 Å². The fraction of sp³-hybridized carbons (Fsp3) is 0.538. The molecule has 0 radical (unpaired) electrons. The average Bonchev–Trinajstić information content (AvgIpc) is 2.35. The number of alkyl halides is 3. The van der Waals surface area contributed by atoms with Crippen LogP contribution in [0, 0.1) is 0 Å². The predicted molar refractivity (Wildman–Crippen MR) is 69.1 cm³/mol. The highest BCUT2D eigenvalue weighted by Crippen LogP contribution is 2.33. The predicted octanol–water partition coefficient (Wildman–Crippen LogP) is 3.01. The van der Waals surface area contributed by atoms with Crippen LogP contribution in [0.1, 0.15) is 19.4 Å². The third kappa shape index (κ3) is 4.63. The van der Waals surface area contributed by atoms with E-state index < -0.39 is 11.7 Å². The fourth-order valence-electron chi connectivity index (χ4n) is 1.68. The van der Waals surface area contributed by atoms with Crippen molar-refractivity contribution in [2.75, 3.05) is 32.0 Å². The van der Waals surface area contributed by atoms with Gasteiger partial charge in [0.2, 0.25) is 0 Å². The number of nitrogens with zero attached hydrogens (tertiary/aromatic N) is 1. The summed E-state index contributed by atoms with van der Waals surface area (Å²) < 4.78 is 42.7. The Hall–Kier alpha value is -1.43. The van der Waals surface area contributed by atoms with Gasteiger partial charge in [-0.3, -0.25) is 0 Å². The van der Waals surface area contributed by atoms with Gasteiger partial charge in [0.1, 0.15) is 12.4 Å². The molecule has 0 spiro atoms. The minimum atomic E-state index is -4.38. The second-order valence-electron chi connectivity index (χ2n) is 4.13. The third-order valence-corrected chi connectivity index (χ3v) is 2.90. The molecule has 0 aliphatic rings. The summed E-state index contributed by atoms with van der Waals surface area (Å²) in [6.07, 6.45) is -4.38. The second-order valence-corrected chi connectivity index (χ2v) is 4.13. The van der Waals surface area contributed by atoms with E-state index in [0.29, 0.717) is 18.9 Å². The molecule has 3 nitrogen and oxygen atoms in total. The summed E-state index contributed by atoms with van der Waals surface area (Å²) in [4.78, 5) is 2.15. The summed E-state index contributed by atoms with van der Waals surface area (Å²) in [7, 11) is 0. The van der Waals surface area contributed by atoms with Gasteiger partial charge in [0.05, 0.1) is 11.3 Å². The number of hydrogen-bond acceptors (Lipinski definition) is 3. The van der Waals surface area contributed by atoms with Crippen LogP contribution >= 0.6 is 0 Å². The quantitative estimate of drug-likeness (QED) is 0.812. The smallest absolute Gasteiger partial charge is 0.416 e. The number of halogens is 3. The van der Waals surface area contributed by atoms with E-state index in [-0.39, 0.29) is 5.69 Å². The molecule has 19 heavy (non-hydrogen) atoms. The van der Waals surface area contributed by atoms with E-state index in [4.69, 9.17) is 10.5 Å². The van der Waals surface area contributed by atoms with Crippen LogP contribution in [0.4, 0.5) is 18.9 Å². The van der Waals surface area contributed by atoms with Crippen LogP contribution in [0.25, 0.3) is 0 Å². The number of hydrogen-bond donors (Lipinski definition) is 1. The zero-order chi connectivity index (χ0) is 14.5. The van der Waals surface area contributed by atoms with Gasteiger partial charge >= 0.3 is 6.18 Å². The Morgan fingerprint density at radius 3 is 2.32 bits per heavy atom. The number of anilines is 1. The standard InChI is InChI=1S/C13H19F3N2O/c1-3-18(4-2)7-8-19-12-6-5-10(9-11(12)17)13(14,15)16/h5-6,9H,3-4,7-8,17H2,1-2H3. The van der Waals surface area contributed by atoms with Crippen LogP contribution in [-0.4, -0.2) is 31.1 Å². The number of rotatable bonds is 6. The monoisotopic (exact) mass is 276 g/mol. The van der Waals surface area contributed by atoms with Crippen LogP contribution in [0.5, 0.6) is 5.75 Å². The Labute approximate surface area is 111 Å². The van der Waals surface area contributed by atoms with Gasteiger partial charge in [-0.1, -0.05) is 13.8 Å². The molecule has 0 saturated carbocycles. The molecular weight excluding hydrogens is 257 g/mol. The highest BCUT2D eigenvalue weighted by atomic mass is 19.4. The van der Waals surface area contributed by atoms with Gasteiger partial charge in [-0.15, -0.1) is 0 Å². The number of ether oxygens (including phenoxy) is 1. The van der Waals surface area contributed by atoms with Gasteiger partial charge in [0.25, 0.3) is 0 Å². The number of nitrogens with two attached hydrogens (primary N) is 1. The second kappa shape index (κ2) is 6.65. The van der Waals surface area contributed by atoms with Crippen molar-refractivity contribution >= 4 is 5.69 Å². The van der Waals surface area contributed by atoms with Crippen LogP contribution in [-0.2, 0) is 6.18 Å². The van der Waals surface area contributed by atoms with Crippen molar-refractivity contribution < 1.29 is 17.9 Å². The van der Waals surface area contributed by atoms with Crippen molar-refractivity contribution in [3.8, 4) is 5.75 Å². The highest BCUT2D eigenvalue weighted by molar-refractivity contribution is 5.54. The molecule has 0 saturated heterocycles. The Morgan fingerprint density at radius 1 is 1.21 bits per heavy atom. The van der Waals surface area contributed by atoms with Crippen LogP contribution in [0.3, 0.4) is 0 Å². The fourth-order valence-corrected chi connectivity index (χ4v) is 1.68. The maximum atomic E-state index is 12.4. The van der Waals surface area contributed by atoms with Gasteiger partial charge in [-0.2, -0.15) is 13.2 Å². The maximum absolute atomic E-state index is 12.4. The lowest BCUT2D eigenvalue weighted by molar-refractivity contribution is -0.137. The number of nitrogen functional groups attached to an aromatic ring is 1. The molecule has 0 aliphatic carbocycles. The summed E-state index contributed by atoms with van der Waals surface area (Å²) in [5.41, 5.74) is 4.81. The van der Waals surface area contributed by atoms with E-state index in [9.17, 15) is 13.2 Å². The summed E-state index contributed by atoms with van der Waals surface area (Å²) in [5.74, 6) is 0.292. The topological polar surface area (TPSA) is 38.5 Å². The van der Waals surface area contributed by atoms with Gasteiger partial charge in [-0.25, -0.2) is 0 Å². The molecule has 1 aromatic rings. The molecule has 108 valence electrons. The molecule has 2 N–H and O–H groups in total. The first kappa shape index (κ1) is 15.6.